The van der Waals surface area contributed by atoms with Gasteiger partial charge >= 0.3 is 0 Å². The number of aryl methyl sites for hydroxylation is 1. The molecule has 1 saturated heterocycles. The molecule has 2 heterocycles. The first-order valence-electron chi connectivity index (χ1n) is 7.29. The lowest BCUT2D eigenvalue weighted by atomic mass is 10.2. The number of rotatable bonds is 6. The van der Waals surface area contributed by atoms with Gasteiger partial charge in [-0.1, -0.05) is 6.92 Å². The second-order valence-corrected chi connectivity index (χ2v) is 5.40. The number of aromatic nitrogens is 1. The number of hydrogen-bond donors (Lipinski definition) is 1. The lowest BCUT2D eigenvalue weighted by molar-refractivity contribution is 0.0709. The molecule has 0 aromatic carbocycles. The van der Waals surface area contributed by atoms with Gasteiger partial charge in [-0.05, 0) is 39.3 Å². The topological polar surface area (TPSA) is 67.5 Å². The Morgan fingerprint density at radius 1 is 1.60 bits per heavy atom. The standard InChI is InChI=1S/C14H23N3O3/c1-3-7-16(9-12-5-4-6-15-12)10-14(19)17-13(18)8-11(2)20-17/h8,12,15H,3-7,9-10H2,1-2H3. The summed E-state index contributed by atoms with van der Waals surface area (Å²) in [5.41, 5.74) is -0.386. The van der Waals surface area contributed by atoms with E-state index in [4.69, 9.17) is 4.52 Å². The molecule has 0 radical (unpaired) electrons. The first-order valence-corrected chi connectivity index (χ1v) is 7.29. The van der Waals surface area contributed by atoms with Crippen molar-refractivity contribution < 1.29 is 9.32 Å². The van der Waals surface area contributed by atoms with Crippen molar-refractivity contribution in [1.82, 2.24) is 15.0 Å². The molecule has 0 aliphatic carbocycles. The largest absolute Gasteiger partial charge is 0.373 e. The Kier molecular flexibility index (Phi) is 5.14. The summed E-state index contributed by atoms with van der Waals surface area (Å²) in [6.45, 7) is 6.71. The van der Waals surface area contributed by atoms with E-state index in [-0.39, 0.29) is 18.0 Å². The fourth-order valence-corrected chi connectivity index (χ4v) is 2.65. The molecule has 1 fully saturated rings. The van der Waals surface area contributed by atoms with Crippen molar-refractivity contribution in [3.63, 3.8) is 0 Å². The molecule has 0 amide bonds. The van der Waals surface area contributed by atoms with Crippen molar-refractivity contribution in [2.75, 3.05) is 26.2 Å². The van der Waals surface area contributed by atoms with Gasteiger partial charge in [0.15, 0.2) is 0 Å². The van der Waals surface area contributed by atoms with E-state index in [1.165, 1.54) is 12.5 Å². The molecule has 6 nitrogen and oxygen atoms in total. The van der Waals surface area contributed by atoms with Crippen molar-refractivity contribution in [2.24, 2.45) is 0 Å². The third kappa shape index (κ3) is 3.80. The van der Waals surface area contributed by atoms with E-state index < -0.39 is 0 Å². The van der Waals surface area contributed by atoms with Gasteiger partial charge in [0.1, 0.15) is 5.76 Å². The van der Waals surface area contributed by atoms with Gasteiger partial charge in [0.2, 0.25) is 0 Å². The summed E-state index contributed by atoms with van der Waals surface area (Å²) in [5.74, 6) is 0.164. The van der Waals surface area contributed by atoms with Crippen LogP contribution in [0.5, 0.6) is 0 Å². The van der Waals surface area contributed by atoms with Crippen LogP contribution in [0.15, 0.2) is 15.4 Å². The summed E-state index contributed by atoms with van der Waals surface area (Å²) in [5, 5.41) is 3.43. The summed E-state index contributed by atoms with van der Waals surface area (Å²) in [6, 6.07) is 1.78. The van der Waals surface area contributed by atoms with E-state index in [0.717, 1.165) is 37.2 Å². The zero-order valence-electron chi connectivity index (χ0n) is 12.2. The van der Waals surface area contributed by atoms with Gasteiger partial charge < -0.3 is 9.84 Å². The molecule has 0 saturated carbocycles. The van der Waals surface area contributed by atoms with Crippen LogP contribution in [-0.4, -0.2) is 47.8 Å². The Balaban J connectivity index is 1.97. The Morgan fingerprint density at radius 3 is 2.95 bits per heavy atom. The van der Waals surface area contributed by atoms with Crippen LogP contribution in [0, 0.1) is 6.92 Å². The van der Waals surface area contributed by atoms with Gasteiger partial charge in [0.05, 0.1) is 6.54 Å². The van der Waals surface area contributed by atoms with Crippen LogP contribution in [0.3, 0.4) is 0 Å². The van der Waals surface area contributed by atoms with Crippen LogP contribution in [0.4, 0.5) is 0 Å². The van der Waals surface area contributed by atoms with E-state index in [1.807, 2.05) is 0 Å². The second kappa shape index (κ2) is 6.85. The monoisotopic (exact) mass is 281 g/mol. The van der Waals surface area contributed by atoms with Gasteiger partial charge in [-0.15, -0.1) is 4.74 Å². The molecule has 6 heteroatoms. The molecule has 20 heavy (non-hydrogen) atoms. The van der Waals surface area contributed by atoms with Gasteiger partial charge in [-0.2, -0.15) is 0 Å². The second-order valence-electron chi connectivity index (χ2n) is 5.40. The lowest BCUT2D eigenvalue weighted by Crippen LogP contribution is -2.42. The first-order chi connectivity index (χ1) is 9.60. The highest BCUT2D eigenvalue weighted by atomic mass is 16.5. The van der Waals surface area contributed by atoms with E-state index in [0.29, 0.717) is 11.8 Å². The first kappa shape index (κ1) is 15.0. The minimum atomic E-state index is -0.386. The molecule has 1 atom stereocenters. The zero-order chi connectivity index (χ0) is 14.5. The quantitative estimate of drug-likeness (QED) is 0.837. The lowest BCUT2D eigenvalue weighted by Gasteiger charge is -2.24. The van der Waals surface area contributed by atoms with Crippen LogP contribution in [-0.2, 0) is 0 Å². The van der Waals surface area contributed by atoms with Crippen molar-refractivity contribution in [3.05, 3.63) is 22.2 Å². The van der Waals surface area contributed by atoms with Crippen molar-refractivity contribution in [1.29, 1.82) is 0 Å². The van der Waals surface area contributed by atoms with Crippen LogP contribution in [0.2, 0.25) is 0 Å². The normalized spacial score (nSPS) is 18.9. The highest BCUT2D eigenvalue weighted by molar-refractivity contribution is 5.79. The van der Waals surface area contributed by atoms with Crippen LogP contribution < -0.4 is 10.9 Å². The molecule has 0 bridgehead atoms. The maximum absolute atomic E-state index is 12.1. The average Bonchev–Trinajstić information content (AvgIpc) is 2.99. The molecular weight excluding hydrogens is 258 g/mol. The molecular formula is C14H23N3O3. The number of carbonyl (C=O) groups is 1. The highest BCUT2D eigenvalue weighted by Gasteiger charge is 2.21. The fraction of sp³-hybridized carbons (Fsp3) is 0.714. The number of carbonyl (C=O) groups excluding carboxylic acids is 1. The van der Waals surface area contributed by atoms with E-state index in [9.17, 15) is 9.59 Å². The van der Waals surface area contributed by atoms with Crippen molar-refractivity contribution >= 4 is 5.91 Å². The van der Waals surface area contributed by atoms with Crippen molar-refractivity contribution in [3.8, 4) is 0 Å². The minimum absolute atomic E-state index is 0.221. The highest BCUT2D eigenvalue weighted by Crippen LogP contribution is 2.07. The summed E-state index contributed by atoms with van der Waals surface area (Å²) in [7, 11) is 0. The third-order valence-electron chi connectivity index (χ3n) is 3.53. The van der Waals surface area contributed by atoms with E-state index >= 15 is 0 Å². The Bertz CT molecular complexity index is 500. The van der Waals surface area contributed by atoms with Gasteiger partial charge in [-0.3, -0.25) is 14.5 Å². The molecule has 1 aromatic rings. The van der Waals surface area contributed by atoms with Crippen LogP contribution in [0.25, 0.3) is 0 Å². The van der Waals surface area contributed by atoms with Crippen LogP contribution in [0.1, 0.15) is 36.7 Å². The Labute approximate surface area is 118 Å². The molecule has 112 valence electrons. The van der Waals surface area contributed by atoms with E-state index in [1.54, 1.807) is 6.92 Å². The Morgan fingerprint density at radius 2 is 2.40 bits per heavy atom. The fourth-order valence-electron chi connectivity index (χ4n) is 2.65. The molecule has 2 rings (SSSR count). The summed E-state index contributed by atoms with van der Waals surface area (Å²) in [4.78, 5) is 25.8. The number of nitrogens with zero attached hydrogens (tertiary/aromatic N) is 2. The Hall–Kier alpha value is -1.40. The smallest absolute Gasteiger partial charge is 0.290 e. The average molecular weight is 281 g/mol. The molecule has 1 N–H and O–H groups in total. The van der Waals surface area contributed by atoms with Gasteiger partial charge in [0, 0.05) is 18.7 Å². The summed E-state index contributed by atoms with van der Waals surface area (Å²) >= 11 is 0. The van der Waals surface area contributed by atoms with Gasteiger partial charge in [0.25, 0.3) is 11.5 Å². The third-order valence-corrected chi connectivity index (χ3v) is 3.53. The summed E-state index contributed by atoms with van der Waals surface area (Å²) < 4.78 is 6.00. The van der Waals surface area contributed by atoms with E-state index in [2.05, 4.69) is 17.1 Å². The predicted molar refractivity (Wildman–Crippen MR) is 76.1 cm³/mol. The van der Waals surface area contributed by atoms with Gasteiger partial charge in [-0.25, -0.2) is 0 Å². The number of nitrogens with one attached hydrogen (secondary N) is 1. The SMILES string of the molecule is CCCN(CC(=O)n1oc(C)cc1=O)CC1CCCN1. The zero-order valence-corrected chi connectivity index (χ0v) is 12.2. The predicted octanol–water partition coefficient (Wildman–Crippen LogP) is 0.854. The summed E-state index contributed by atoms with van der Waals surface area (Å²) in [6.07, 6.45) is 3.32. The minimum Gasteiger partial charge on any atom is -0.373 e. The van der Waals surface area contributed by atoms with Crippen LogP contribution >= 0.6 is 0 Å². The van der Waals surface area contributed by atoms with Crippen molar-refractivity contribution in [2.45, 2.75) is 39.2 Å². The number of hydrogen-bond acceptors (Lipinski definition) is 5. The maximum atomic E-state index is 12.1. The maximum Gasteiger partial charge on any atom is 0.290 e. The molecule has 0 spiro atoms. The molecule has 1 aliphatic rings. The molecule has 1 aliphatic heterocycles. The molecule has 1 unspecified atom stereocenters. The molecule has 1 aromatic heterocycles.